The molecule has 0 radical (unpaired) electrons. The predicted molar refractivity (Wildman–Crippen MR) is 91.4 cm³/mol. The lowest BCUT2D eigenvalue weighted by Crippen LogP contribution is -2.36. The minimum atomic E-state index is 0. The van der Waals surface area contributed by atoms with Gasteiger partial charge in [-0.05, 0) is 49.9 Å². The third kappa shape index (κ3) is 4.52. The average Bonchev–Trinajstić information content (AvgIpc) is 2.91. The van der Waals surface area contributed by atoms with Crippen LogP contribution in [-0.4, -0.2) is 50.7 Å². The Morgan fingerprint density at radius 1 is 1.22 bits per heavy atom. The Morgan fingerprint density at radius 3 is 2.52 bits per heavy atom. The molecule has 1 aromatic carbocycles. The van der Waals surface area contributed by atoms with Crippen molar-refractivity contribution < 1.29 is 14.3 Å². The summed E-state index contributed by atoms with van der Waals surface area (Å²) in [4.78, 5) is 14.3. The van der Waals surface area contributed by atoms with E-state index in [4.69, 9.17) is 9.47 Å². The molecular formula is C17H25ClN2O3. The molecule has 0 aromatic heterocycles. The maximum Gasteiger partial charge on any atom is 0.260 e. The zero-order chi connectivity index (χ0) is 15.4. The number of hydrogen-bond acceptors (Lipinski definition) is 4. The average molecular weight is 341 g/mol. The van der Waals surface area contributed by atoms with E-state index in [1.54, 1.807) is 13.2 Å². The molecule has 0 bridgehead atoms. The molecule has 23 heavy (non-hydrogen) atoms. The van der Waals surface area contributed by atoms with Crippen LogP contribution in [0.15, 0.2) is 24.3 Å². The van der Waals surface area contributed by atoms with Crippen molar-refractivity contribution >= 4 is 18.3 Å². The van der Waals surface area contributed by atoms with Crippen LogP contribution < -0.4 is 14.8 Å². The number of benzene rings is 1. The first kappa shape index (κ1) is 17.9. The Bertz CT molecular complexity index is 512. The Hall–Kier alpha value is -1.46. The van der Waals surface area contributed by atoms with Crippen molar-refractivity contribution in [3.05, 3.63) is 24.3 Å². The van der Waals surface area contributed by atoms with Gasteiger partial charge in [-0.3, -0.25) is 4.79 Å². The summed E-state index contributed by atoms with van der Waals surface area (Å²) in [6.45, 7) is 4.01. The second-order valence-electron chi connectivity index (χ2n) is 6.10. The number of methoxy groups -OCH3 is 1. The van der Waals surface area contributed by atoms with Crippen molar-refractivity contribution in [2.45, 2.75) is 12.8 Å². The SMILES string of the molecule is COc1cccc(OCC(=O)N2CC[C@@H]3CNC[C@@H]3CC2)c1.Cl. The van der Waals surface area contributed by atoms with Crippen molar-refractivity contribution in [2.75, 3.05) is 39.9 Å². The zero-order valence-electron chi connectivity index (χ0n) is 13.5. The summed E-state index contributed by atoms with van der Waals surface area (Å²) in [5.74, 6) is 2.95. The van der Waals surface area contributed by atoms with Crippen LogP contribution >= 0.6 is 12.4 Å². The Labute approximate surface area is 143 Å². The number of ether oxygens (including phenoxy) is 2. The number of carbonyl (C=O) groups excluding carboxylic acids is 1. The molecule has 3 rings (SSSR count). The normalized spacial score (nSPS) is 23.4. The molecule has 6 heteroatoms. The maximum absolute atomic E-state index is 12.4. The number of nitrogens with one attached hydrogen (secondary N) is 1. The summed E-state index contributed by atoms with van der Waals surface area (Å²) in [5.41, 5.74) is 0. The van der Waals surface area contributed by atoms with Crippen molar-refractivity contribution in [1.82, 2.24) is 10.2 Å². The van der Waals surface area contributed by atoms with E-state index in [2.05, 4.69) is 5.32 Å². The van der Waals surface area contributed by atoms with Crippen LogP contribution in [0.3, 0.4) is 0 Å². The third-order valence-electron chi connectivity index (χ3n) is 4.78. The highest BCUT2D eigenvalue weighted by Crippen LogP contribution is 2.27. The summed E-state index contributed by atoms with van der Waals surface area (Å²) in [6.07, 6.45) is 2.20. The van der Waals surface area contributed by atoms with E-state index in [-0.39, 0.29) is 24.9 Å². The Balaban J connectivity index is 0.00000192. The number of halogens is 1. The molecule has 1 amide bonds. The summed E-state index contributed by atoms with van der Waals surface area (Å²) in [6, 6.07) is 7.36. The van der Waals surface area contributed by atoms with Gasteiger partial charge in [-0.25, -0.2) is 0 Å². The minimum Gasteiger partial charge on any atom is -0.497 e. The standard InChI is InChI=1S/C17H24N2O3.ClH/c1-21-15-3-2-4-16(9-15)22-12-17(20)19-7-5-13-10-18-11-14(13)6-8-19;/h2-4,9,13-14,18H,5-8,10-12H2,1H3;1H/t13-,14+;. The van der Waals surface area contributed by atoms with Crippen molar-refractivity contribution in [3.8, 4) is 11.5 Å². The molecule has 5 nitrogen and oxygen atoms in total. The third-order valence-corrected chi connectivity index (χ3v) is 4.78. The van der Waals surface area contributed by atoms with Gasteiger partial charge in [0.05, 0.1) is 7.11 Å². The molecule has 0 saturated carbocycles. The number of carbonyl (C=O) groups is 1. The van der Waals surface area contributed by atoms with E-state index in [0.29, 0.717) is 5.75 Å². The molecule has 128 valence electrons. The molecule has 2 fully saturated rings. The van der Waals surface area contributed by atoms with Crippen molar-refractivity contribution in [3.63, 3.8) is 0 Å². The van der Waals surface area contributed by atoms with Gasteiger partial charge < -0.3 is 19.7 Å². The van der Waals surface area contributed by atoms with E-state index >= 15 is 0 Å². The molecule has 0 unspecified atom stereocenters. The van der Waals surface area contributed by atoms with E-state index in [1.807, 2.05) is 23.1 Å². The second kappa shape index (κ2) is 8.41. The molecule has 2 saturated heterocycles. The molecule has 1 N–H and O–H groups in total. The molecule has 2 aliphatic heterocycles. The van der Waals surface area contributed by atoms with Gasteiger partial charge in [0, 0.05) is 19.2 Å². The fraction of sp³-hybridized carbons (Fsp3) is 0.588. The smallest absolute Gasteiger partial charge is 0.260 e. The van der Waals surface area contributed by atoms with Crippen LogP contribution in [0.2, 0.25) is 0 Å². The zero-order valence-corrected chi connectivity index (χ0v) is 14.3. The summed E-state index contributed by atoms with van der Waals surface area (Å²) >= 11 is 0. The molecule has 2 heterocycles. The first-order chi connectivity index (χ1) is 10.8. The molecule has 2 atom stereocenters. The highest BCUT2D eigenvalue weighted by Gasteiger charge is 2.31. The maximum atomic E-state index is 12.4. The van der Waals surface area contributed by atoms with Crippen LogP contribution in [-0.2, 0) is 4.79 Å². The monoisotopic (exact) mass is 340 g/mol. The molecule has 1 aromatic rings. The topological polar surface area (TPSA) is 50.8 Å². The van der Waals surface area contributed by atoms with Gasteiger partial charge in [-0.2, -0.15) is 0 Å². The van der Waals surface area contributed by atoms with Crippen LogP contribution in [0.4, 0.5) is 0 Å². The van der Waals surface area contributed by atoms with Gasteiger partial charge >= 0.3 is 0 Å². The predicted octanol–water partition coefficient (Wildman–Crippen LogP) is 1.95. The van der Waals surface area contributed by atoms with Crippen LogP contribution in [0, 0.1) is 11.8 Å². The molecule has 0 aliphatic carbocycles. The number of likely N-dealkylation sites (tertiary alicyclic amines) is 1. The lowest BCUT2D eigenvalue weighted by atomic mass is 9.92. The lowest BCUT2D eigenvalue weighted by molar-refractivity contribution is -0.133. The number of fused-ring (bicyclic) bond motifs is 1. The summed E-state index contributed by atoms with van der Waals surface area (Å²) in [7, 11) is 1.62. The number of nitrogens with zero attached hydrogens (tertiary/aromatic N) is 1. The van der Waals surface area contributed by atoms with E-state index in [1.165, 1.54) is 0 Å². The van der Waals surface area contributed by atoms with Crippen LogP contribution in [0.25, 0.3) is 0 Å². The minimum absolute atomic E-state index is 0. The van der Waals surface area contributed by atoms with Crippen LogP contribution in [0.1, 0.15) is 12.8 Å². The van der Waals surface area contributed by atoms with Crippen molar-refractivity contribution in [1.29, 1.82) is 0 Å². The largest absolute Gasteiger partial charge is 0.497 e. The fourth-order valence-electron chi connectivity index (χ4n) is 3.39. The van der Waals surface area contributed by atoms with Crippen molar-refractivity contribution in [2.24, 2.45) is 11.8 Å². The molecular weight excluding hydrogens is 316 g/mol. The second-order valence-corrected chi connectivity index (χ2v) is 6.10. The first-order valence-electron chi connectivity index (χ1n) is 8.01. The van der Waals surface area contributed by atoms with E-state index < -0.39 is 0 Å². The van der Waals surface area contributed by atoms with E-state index in [0.717, 1.165) is 56.6 Å². The lowest BCUT2D eigenvalue weighted by Gasteiger charge is -2.21. The van der Waals surface area contributed by atoms with Gasteiger partial charge in [-0.15, -0.1) is 12.4 Å². The van der Waals surface area contributed by atoms with Gasteiger partial charge in [0.1, 0.15) is 11.5 Å². The Kier molecular flexibility index (Phi) is 6.54. The molecule has 0 spiro atoms. The fourth-order valence-corrected chi connectivity index (χ4v) is 3.39. The highest BCUT2D eigenvalue weighted by molar-refractivity contribution is 5.85. The van der Waals surface area contributed by atoms with Gasteiger partial charge in [-0.1, -0.05) is 6.07 Å². The molecule has 2 aliphatic rings. The van der Waals surface area contributed by atoms with Gasteiger partial charge in [0.25, 0.3) is 5.91 Å². The quantitative estimate of drug-likeness (QED) is 0.910. The Morgan fingerprint density at radius 2 is 1.87 bits per heavy atom. The van der Waals surface area contributed by atoms with Gasteiger partial charge in [0.2, 0.25) is 0 Å². The van der Waals surface area contributed by atoms with Crippen LogP contribution in [0.5, 0.6) is 11.5 Å². The van der Waals surface area contributed by atoms with Gasteiger partial charge in [0.15, 0.2) is 6.61 Å². The summed E-state index contributed by atoms with van der Waals surface area (Å²) < 4.78 is 10.8. The number of rotatable bonds is 4. The highest BCUT2D eigenvalue weighted by atomic mass is 35.5. The summed E-state index contributed by atoms with van der Waals surface area (Å²) in [5, 5.41) is 3.45. The van der Waals surface area contributed by atoms with E-state index in [9.17, 15) is 4.79 Å². The number of amides is 1. The number of hydrogen-bond donors (Lipinski definition) is 1. The first-order valence-corrected chi connectivity index (χ1v) is 8.01.